The van der Waals surface area contributed by atoms with Crippen LogP contribution in [0, 0.1) is 22.0 Å². The van der Waals surface area contributed by atoms with E-state index in [2.05, 4.69) is 26.6 Å². The largest absolute Gasteiger partial charge is 0.490 e. The van der Waals surface area contributed by atoms with Crippen LogP contribution in [-0.2, 0) is 38.4 Å². The number of benzene rings is 1. The molecule has 1 aromatic rings. The summed E-state index contributed by atoms with van der Waals surface area (Å²) in [5.74, 6) is -10.4. The molecule has 0 fully saturated rings. The normalized spacial score (nSPS) is 13.7. The molecule has 5 atom stereocenters. The molecule has 0 aliphatic heterocycles. The van der Waals surface area contributed by atoms with Gasteiger partial charge in [-0.15, -0.1) is 0 Å². The Morgan fingerprint density at radius 1 is 0.769 bits per heavy atom. The lowest BCUT2D eigenvalue weighted by atomic mass is 9.96. The molecule has 0 spiro atoms. The quantitative estimate of drug-likeness (QED) is 0.0773. The summed E-state index contributed by atoms with van der Waals surface area (Å²) in [4.78, 5) is 106. The molecular weight excluding hydrogens is 709 g/mol. The maximum atomic E-state index is 13.4. The molecular formula is C30H41F3N6O13. The van der Waals surface area contributed by atoms with Gasteiger partial charge in [0, 0.05) is 31.2 Å². The van der Waals surface area contributed by atoms with Gasteiger partial charge >= 0.3 is 24.1 Å². The van der Waals surface area contributed by atoms with Crippen LogP contribution in [0.25, 0.3) is 0 Å². The van der Waals surface area contributed by atoms with Crippen molar-refractivity contribution in [3.63, 3.8) is 0 Å². The van der Waals surface area contributed by atoms with Gasteiger partial charge in [-0.3, -0.25) is 43.7 Å². The third-order valence-electron chi connectivity index (χ3n) is 6.98. The van der Waals surface area contributed by atoms with Gasteiger partial charge < -0.3 is 41.9 Å². The Labute approximate surface area is 294 Å². The summed E-state index contributed by atoms with van der Waals surface area (Å²) in [5.41, 5.74) is -0.152. The van der Waals surface area contributed by atoms with Crippen molar-refractivity contribution in [2.75, 3.05) is 5.32 Å². The summed E-state index contributed by atoms with van der Waals surface area (Å²) in [6.45, 7) is 7.82. The number of nitrogens with zero attached hydrogens (tertiary/aromatic N) is 1. The fraction of sp³-hybridized carbons (Fsp3) is 0.533. The zero-order valence-electron chi connectivity index (χ0n) is 28.6. The van der Waals surface area contributed by atoms with Crippen molar-refractivity contribution in [2.24, 2.45) is 11.8 Å². The molecule has 8 N–H and O–H groups in total. The second kappa shape index (κ2) is 21.4. The standard InChI is InChI=1S/C28H40N6O11.C2HF3O2/c1-6-15(4)24(33-25(40)19(11-12-21(36)37)31-27(42)23(14(2)3)29-16(5)35)28(43)32-20(13-22(38)39)26(41)30-17-7-9-18(10-8-17)34(44)45;3-2(4,5)1(6)7/h7-10,14-15,19-20,23-24H,6,11-13H2,1-5H3,(H,29,35)(H,30,41)(H,31,42)(H,32,43)(H,33,40)(H,36,37)(H,38,39);(H,6,7)/t15-,19-,20-,23-,24-;/m0./s1. The average molecular weight is 751 g/mol. The Morgan fingerprint density at radius 3 is 1.67 bits per heavy atom. The van der Waals surface area contributed by atoms with Gasteiger partial charge in [-0.05, 0) is 30.4 Å². The molecule has 0 heterocycles. The van der Waals surface area contributed by atoms with Gasteiger partial charge in [0.05, 0.1) is 11.3 Å². The maximum Gasteiger partial charge on any atom is 0.490 e. The highest BCUT2D eigenvalue weighted by atomic mass is 19.4. The maximum absolute atomic E-state index is 13.4. The first kappa shape index (κ1) is 46.2. The van der Waals surface area contributed by atoms with Crippen molar-refractivity contribution in [2.45, 2.75) is 90.6 Å². The predicted molar refractivity (Wildman–Crippen MR) is 172 cm³/mol. The number of carboxylic acid groups (broad SMARTS) is 3. The van der Waals surface area contributed by atoms with Gasteiger partial charge in [0.1, 0.15) is 24.2 Å². The minimum Gasteiger partial charge on any atom is -0.481 e. The van der Waals surface area contributed by atoms with Crippen LogP contribution >= 0.6 is 0 Å². The third kappa shape index (κ3) is 17.2. The Balaban J connectivity index is 0.00000335. The van der Waals surface area contributed by atoms with Crippen molar-refractivity contribution in [3.05, 3.63) is 34.4 Å². The number of carbonyl (C=O) groups is 8. The van der Waals surface area contributed by atoms with E-state index >= 15 is 0 Å². The van der Waals surface area contributed by atoms with Crippen LogP contribution in [0.3, 0.4) is 0 Å². The van der Waals surface area contributed by atoms with E-state index in [1.54, 1.807) is 27.7 Å². The molecule has 0 aliphatic carbocycles. The first-order valence-electron chi connectivity index (χ1n) is 15.4. The highest BCUT2D eigenvalue weighted by Crippen LogP contribution is 2.17. The number of halogens is 3. The van der Waals surface area contributed by atoms with Crippen molar-refractivity contribution < 1.29 is 71.8 Å². The number of hydrogen-bond donors (Lipinski definition) is 8. The zero-order valence-corrected chi connectivity index (χ0v) is 28.6. The van der Waals surface area contributed by atoms with Crippen molar-refractivity contribution in [1.29, 1.82) is 0 Å². The molecule has 0 aromatic heterocycles. The number of carboxylic acids is 3. The molecule has 5 amide bonds. The number of hydrogen-bond acceptors (Lipinski definition) is 10. The summed E-state index contributed by atoms with van der Waals surface area (Å²) in [6, 6.07) is -0.752. The number of rotatable bonds is 18. The Kier molecular flexibility index (Phi) is 19.0. The molecule has 0 bridgehead atoms. The summed E-state index contributed by atoms with van der Waals surface area (Å²) in [7, 11) is 0. The van der Waals surface area contributed by atoms with E-state index in [1.165, 1.54) is 19.1 Å². The van der Waals surface area contributed by atoms with E-state index < -0.39 is 101 Å². The SMILES string of the molecule is CC[C@H](C)[C@H](NC(=O)[C@H](CCC(=O)O)NC(=O)[C@@H](NC(C)=O)C(C)C)C(=O)N[C@@H](CC(=O)O)C(=O)Nc1ccc([N+](=O)[O-])cc1.O=C(O)C(F)(F)F. The molecule has 1 rings (SSSR count). The highest BCUT2D eigenvalue weighted by molar-refractivity contribution is 6.00. The van der Waals surface area contributed by atoms with Gasteiger partial charge in [0.15, 0.2) is 0 Å². The minimum atomic E-state index is -5.08. The van der Waals surface area contributed by atoms with Crippen molar-refractivity contribution in [1.82, 2.24) is 21.3 Å². The van der Waals surface area contributed by atoms with E-state index in [-0.39, 0.29) is 23.7 Å². The molecule has 0 radical (unpaired) electrons. The molecule has 0 unspecified atom stereocenters. The minimum absolute atomic E-state index is 0.0954. The first-order valence-corrected chi connectivity index (χ1v) is 15.4. The van der Waals surface area contributed by atoms with E-state index in [1.807, 2.05) is 0 Å². The molecule has 290 valence electrons. The van der Waals surface area contributed by atoms with Gasteiger partial charge in [0.2, 0.25) is 29.5 Å². The summed E-state index contributed by atoms with van der Waals surface area (Å²) in [5, 5.41) is 48.6. The summed E-state index contributed by atoms with van der Waals surface area (Å²) < 4.78 is 31.7. The molecule has 0 saturated heterocycles. The number of nitro groups is 1. The number of amides is 5. The smallest absolute Gasteiger partial charge is 0.481 e. The van der Waals surface area contributed by atoms with Crippen molar-refractivity contribution in [3.8, 4) is 0 Å². The van der Waals surface area contributed by atoms with E-state index in [0.29, 0.717) is 6.42 Å². The molecule has 19 nitrogen and oxygen atoms in total. The second-order valence-electron chi connectivity index (χ2n) is 11.5. The fourth-order valence-electron chi connectivity index (χ4n) is 4.05. The number of nitrogens with one attached hydrogen (secondary N) is 5. The van der Waals surface area contributed by atoms with Crippen LogP contribution in [0.15, 0.2) is 24.3 Å². The monoisotopic (exact) mass is 750 g/mol. The van der Waals surface area contributed by atoms with Crippen LogP contribution in [0.5, 0.6) is 0 Å². The number of alkyl halides is 3. The summed E-state index contributed by atoms with van der Waals surface area (Å²) >= 11 is 0. The van der Waals surface area contributed by atoms with Crippen molar-refractivity contribution >= 4 is 58.8 Å². The Bertz CT molecular complexity index is 1470. The number of nitro benzene ring substituents is 1. The average Bonchev–Trinajstić information content (AvgIpc) is 3.02. The zero-order chi connectivity index (χ0) is 40.5. The highest BCUT2D eigenvalue weighted by Gasteiger charge is 2.38. The molecule has 52 heavy (non-hydrogen) atoms. The lowest BCUT2D eigenvalue weighted by molar-refractivity contribution is -0.384. The van der Waals surface area contributed by atoms with Gasteiger partial charge in [0.25, 0.3) is 5.69 Å². The molecule has 0 saturated carbocycles. The lowest BCUT2D eigenvalue weighted by Crippen LogP contribution is -2.60. The third-order valence-corrected chi connectivity index (χ3v) is 6.98. The van der Waals surface area contributed by atoms with E-state index in [4.69, 9.17) is 9.90 Å². The Hall–Kier alpha value is -5.83. The fourth-order valence-corrected chi connectivity index (χ4v) is 4.05. The van der Waals surface area contributed by atoms with Crippen LogP contribution in [0.1, 0.15) is 60.3 Å². The topological polar surface area (TPSA) is 301 Å². The van der Waals surface area contributed by atoms with Crippen LogP contribution < -0.4 is 26.6 Å². The van der Waals surface area contributed by atoms with Crippen LogP contribution in [-0.4, -0.2) is 98.0 Å². The van der Waals surface area contributed by atoms with Gasteiger partial charge in [-0.1, -0.05) is 34.1 Å². The molecule has 0 aliphatic rings. The Morgan fingerprint density at radius 2 is 1.27 bits per heavy atom. The number of non-ortho nitro benzene ring substituents is 1. The lowest BCUT2D eigenvalue weighted by Gasteiger charge is -2.29. The molecule has 22 heteroatoms. The number of aliphatic carboxylic acids is 3. The van der Waals surface area contributed by atoms with E-state index in [0.717, 1.165) is 12.1 Å². The number of anilines is 1. The van der Waals surface area contributed by atoms with Crippen LogP contribution in [0.2, 0.25) is 0 Å². The van der Waals surface area contributed by atoms with Crippen LogP contribution in [0.4, 0.5) is 24.5 Å². The predicted octanol–water partition coefficient (Wildman–Crippen LogP) is 1.17. The number of carbonyl (C=O) groups excluding carboxylic acids is 5. The summed E-state index contributed by atoms with van der Waals surface area (Å²) in [6.07, 6.45) is -6.47. The first-order chi connectivity index (χ1) is 23.9. The van der Waals surface area contributed by atoms with E-state index in [9.17, 15) is 67.1 Å². The second-order valence-corrected chi connectivity index (χ2v) is 11.5. The van der Waals surface area contributed by atoms with Gasteiger partial charge in [-0.25, -0.2) is 4.79 Å². The van der Waals surface area contributed by atoms with Gasteiger partial charge in [-0.2, -0.15) is 13.2 Å². The molecule has 1 aromatic carbocycles.